The second kappa shape index (κ2) is 6.79. The van der Waals surface area contributed by atoms with E-state index in [4.69, 9.17) is 15.6 Å². The van der Waals surface area contributed by atoms with Crippen LogP contribution in [0.2, 0.25) is 0 Å². The second-order valence-corrected chi connectivity index (χ2v) is 4.88. The molecule has 0 bridgehead atoms. The number of hydrogen-bond acceptors (Lipinski definition) is 4. The third-order valence-electron chi connectivity index (χ3n) is 2.99. The van der Waals surface area contributed by atoms with Gasteiger partial charge in [-0.2, -0.15) is 0 Å². The molecule has 1 unspecified atom stereocenters. The number of nitrogen functional groups attached to an aromatic ring is 1. The van der Waals surface area contributed by atoms with E-state index in [0.717, 1.165) is 0 Å². The Bertz CT molecular complexity index is 500. The highest BCUT2D eigenvalue weighted by atomic mass is 16.5. The van der Waals surface area contributed by atoms with E-state index in [2.05, 4.69) is 5.32 Å². The highest BCUT2D eigenvalue weighted by molar-refractivity contribution is 5.97. The summed E-state index contributed by atoms with van der Waals surface area (Å²) in [7, 11) is 1.45. The van der Waals surface area contributed by atoms with Crippen molar-refractivity contribution in [2.24, 2.45) is 5.92 Å². The van der Waals surface area contributed by atoms with Crippen LogP contribution in [0.15, 0.2) is 18.2 Å². The van der Waals surface area contributed by atoms with Gasteiger partial charge in [-0.3, -0.25) is 9.59 Å². The predicted molar refractivity (Wildman–Crippen MR) is 75.8 cm³/mol. The van der Waals surface area contributed by atoms with Gasteiger partial charge in [0.1, 0.15) is 5.75 Å². The second-order valence-electron chi connectivity index (χ2n) is 4.88. The van der Waals surface area contributed by atoms with Crippen LogP contribution in [0.4, 0.5) is 5.69 Å². The fraction of sp³-hybridized carbons (Fsp3) is 0.429. The maximum atomic E-state index is 12.2. The molecule has 20 heavy (non-hydrogen) atoms. The molecule has 110 valence electrons. The Hall–Kier alpha value is -2.24. The van der Waals surface area contributed by atoms with E-state index in [1.54, 1.807) is 18.2 Å². The molecule has 0 radical (unpaired) electrons. The summed E-state index contributed by atoms with van der Waals surface area (Å²) in [5, 5.41) is 11.6. The SMILES string of the molecule is COc1cc(N)ccc1C(=O)NC(CC(=O)O)C(C)C. The zero-order valence-corrected chi connectivity index (χ0v) is 11.8. The smallest absolute Gasteiger partial charge is 0.305 e. The van der Waals surface area contributed by atoms with Gasteiger partial charge in [-0.15, -0.1) is 0 Å². The van der Waals surface area contributed by atoms with Crippen LogP contribution in [0.5, 0.6) is 5.75 Å². The summed E-state index contributed by atoms with van der Waals surface area (Å²) < 4.78 is 5.11. The van der Waals surface area contributed by atoms with Crippen LogP contribution in [0, 0.1) is 5.92 Å². The average molecular weight is 280 g/mol. The molecule has 0 aliphatic rings. The highest BCUT2D eigenvalue weighted by Crippen LogP contribution is 2.22. The molecule has 1 atom stereocenters. The Labute approximate surface area is 117 Å². The van der Waals surface area contributed by atoms with Crippen molar-refractivity contribution in [3.8, 4) is 5.75 Å². The van der Waals surface area contributed by atoms with Gasteiger partial charge in [0.05, 0.1) is 19.1 Å². The largest absolute Gasteiger partial charge is 0.496 e. The van der Waals surface area contributed by atoms with E-state index in [1.165, 1.54) is 7.11 Å². The minimum atomic E-state index is -0.951. The van der Waals surface area contributed by atoms with E-state index < -0.39 is 12.0 Å². The van der Waals surface area contributed by atoms with Gasteiger partial charge in [0.25, 0.3) is 5.91 Å². The fourth-order valence-electron chi connectivity index (χ4n) is 1.78. The van der Waals surface area contributed by atoms with Crippen molar-refractivity contribution >= 4 is 17.6 Å². The fourth-order valence-corrected chi connectivity index (χ4v) is 1.78. The molecule has 1 rings (SSSR count). The van der Waals surface area contributed by atoms with E-state index in [0.29, 0.717) is 17.0 Å². The van der Waals surface area contributed by atoms with Crippen LogP contribution in [0.1, 0.15) is 30.6 Å². The molecule has 1 aromatic carbocycles. The molecule has 6 heteroatoms. The number of rotatable bonds is 6. The van der Waals surface area contributed by atoms with Gasteiger partial charge in [-0.05, 0) is 18.1 Å². The van der Waals surface area contributed by atoms with Crippen LogP contribution >= 0.6 is 0 Å². The molecule has 0 aliphatic heterocycles. The number of methoxy groups -OCH3 is 1. The Morgan fingerprint density at radius 2 is 2.05 bits per heavy atom. The molecular weight excluding hydrogens is 260 g/mol. The Kier molecular flexibility index (Phi) is 5.37. The van der Waals surface area contributed by atoms with Crippen molar-refractivity contribution < 1.29 is 19.4 Å². The van der Waals surface area contributed by atoms with Gasteiger partial charge in [-0.1, -0.05) is 13.8 Å². The van der Waals surface area contributed by atoms with Crippen LogP contribution in [-0.2, 0) is 4.79 Å². The highest BCUT2D eigenvalue weighted by Gasteiger charge is 2.21. The molecule has 0 fully saturated rings. The number of carbonyl (C=O) groups excluding carboxylic acids is 1. The number of hydrogen-bond donors (Lipinski definition) is 3. The van der Waals surface area contributed by atoms with Crippen LogP contribution in [0.25, 0.3) is 0 Å². The zero-order chi connectivity index (χ0) is 15.3. The number of carboxylic acids is 1. The van der Waals surface area contributed by atoms with Crippen molar-refractivity contribution in [1.29, 1.82) is 0 Å². The van der Waals surface area contributed by atoms with Crippen molar-refractivity contribution in [2.75, 3.05) is 12.8 Å². The molecule has 0 aromatic heterocycles. The third kappa shape index (κ3) is 4.15. The number of amides is 1. The summed E-state index contributed by atoms with van der Waals surface area (Å²) in [4.78, 5) is 23.0. The lowest BCUT2D eigenvalue weighted by atomic mass is 10.0. The number of ether oxygens (including phenoxy) is 1. The lowest BCUT2D eigenvalue weighted by molar-refractivity contribution is -0.137. The average Bonchev–Trinajstić information content (AvgIpc) is 2.36. The molecule has 0 saturated heterocycles. The number of anilines is 1. The molecule has 1 aromatic rings. The number of carbonyl (C=O) groups is 2. The normalized spacial score (nSPS) is 12.0. The summed E-state index contributed by atoms with van der Waals surface area (Å²) in [6, 6.07) is 4.26. The predicted octanol–water partition coefficient (Wildman–Crippen LogP) is 1.51. The van der Waals surface area contributed by atoms with Gasteiger partial charge in [0, 0.05) is 17.8 Å². The summed E-state index contributed by atoms with van der Waals surface area (Å²) >= 11 is 0. The van der Waals surface area contributed by atoms with E-state index >= 15 is 0 Å². The minimum Gasteiger partial charge on any atom is -0.496 e. The monoisotopic (exact) mass is 280 g/mol. The molecule has 4 N–H and O–H groups in total. The Morgan fingerprint density at radius 1 is 1.40 bits per heavy atom. The molecule has 0 aliphatic carbocycles. The first-order valence-electron chi connectivity index (χ1n) is 6.31. The first-order chi connectivity index (χ1) is 9.35. The van der Waals surface area contributed by atoms with Crippen molar-refractivity contribution in [1.82, 2.24) is 5.32 Å². The van der Waals surface area contributed by atoms with Crippen molar-refractivity contribution in [3.63, 3.8) is 0 Å². The van der Waals surface area contributed by atoms with Gasteiger partial charge in [0.2, 0.25) is 0 Å². The maximum absolute atomic E-state index is 12.2. The molecule has 0 saturated carbocycles. The van der Waals surface area contributed by atoms with E-state index in [1.807, 2.05) is 13.8 Å². The number of nitrogens with two attached hydrogens (primary N) is 1. The summed E-state index contributed by atoms with van der Waals surface area (Å²) in [5.74, 6) is -0.953. The van der Waals surface area contributed by atoms with Gasteiger partial charge >= 0.3 is 5.97 Å². The first-order valence-corrected chi connectivity index (χ1v) is 6.31. The number of carboxylic acid groups (broad SMARTS) is 1. The topological polar surface area (TPSA) is 102 Å². The molecular formula is C14H20N2O4. The zero-order valence-electron chi connectivity index (χ0n) is 11.8. The quantitative estimate of drug-likeness (QED) is 0.685. The van der Waals surface area contributed by atoms with Crippen molar-refractivity contribution in [3.05, 3.63) is 23.8 Å². The lowest BCUT2D eigenvalue weighted by Gasteiger charge is -2.21. The van der Waals surface area contributed by atoms with Crippen LogP contribution < -0.4 is 15.8 Å². The number of nitrogens with one attached hydrogen (secondary N) is 1. The van der Waals surface area contributed by atoms with Gasteiger partial charge in [-0.25, -0.2) is 0 Å². The summed E-state index contributed by atoms with van der Waals surface area (Å²) in [5.41, 5.74) is 6.45. The van der Waals surface area contributed by atoms with Gasteiger partial charge in [0.15, 0.2) is 0 Å². The maximum Gasteiger partial charge on any atom is 0.305 e. The number of benzene rings is 1. The summed E-state index contributed by atoms with van der Waals surface area (Å²) in [6.45, 7) is 3.71. The van der Waals surface area contributed by atoms with Gasteiger partial charge < -0.3 is 20.9 Å². The minimum absolute atomic E-state index is 0.00910. The summed E-state index contributed by atoms with van der Waals surface area (Å²) in [6.07, 6.45) is -0.124. The standard InChI is InChI=1S/C14H20N2O4/c1-8(2)11(7-13(17)18)16-14(19)10-5-4-9(15)6-12(10)20-3/h4-6,8,11H,7,15H2,1-3H3,(H,16,19)(H,17,18). The molecule has 0 spiro atoms. The third-order valence-corrected chi connectivity index (χ3v) is 2.99. The molecule has 6 nitrogen and oxygen atoms in total. The first kappa shape index (κ1) is 15.8. The molecule has 0 heterocycles. The Balaban J connectivity index is 2.91. The number of aliphatic carboxylic acids is 1. The lowest BCUT2D eigenvalue weighted by Crippen LogP contribution is -2.40. The Morgan fingerprint density at radius 3 is 2.55 bits per heavy atom. The van der Waals surface area contributed by atoms with E-state index in [9.17, 15) is 9.59 Å². The van der Waals surface area contributed by atoms with Crippen LogP contribution in [-0.4, -0.2) is 30.1 Å². The molecule has 1 amide bonds. The van der Waals surface area contributed by atoms with Crippen molar-refractivity contribution in [2.45, 2.75) is 26.3 Å². The van der Waals surface area contributed by atoms with Crippen LogP contribution in [0.3, 0.4) is 0 Å². The van der Waals surface area contributed by atoms with E-state index in [-0.39, 0.29) is 18.2 Å².